The molecule has 0 unspecified atom stereocenters. The third-order valence-electron chi connectivity index (χ3n) is 2.17. The first-order valence-corrected chi connectivity index (χ1v) is 5.59. The van der Waals surface area contributed by atoms with Gasteiger partial charge in [0.05, 0.1) is 17.8 Å². The second kappa shape index (κ2) is 4.40. The molecule has 0 amide bonds. The molecule has 0 atom stereocenters. The van der Waals surface area contributed by atoms with Crippen molar-refractivity contribution in [3.63, 3.8) is 0 Å². The molecule has 0 spiro atoms. The number of thiazole rings is 1. The Bertz CT molecular complexity index is 492. The lowest BCUT2D eigenvalue weighted by Crippen LogP contribution is -2.01. The van der Waals surface area contributed by atoms with E-state index in [1.165, 1.54) is 11.3 Å². The number of hydrogen-bond donors (Lipinski definition) is 1. The van der Waals surface area contributed by atoms with Gasteiger partial charge < -0.3 is 5.11 Å². The first kappa shape index (κ1) is 10.7. The number of hydrogen-bond acceptors (Lipinski definition) is 5. The highest BCUT2D eigenvalue weighted by molar-refractivity contribution is 7.12. The normalized spacial score (nSPS) is 10.6. The first-order chi connectivity index (χ1) is 7.68. The summed E-state index contributed by atoms with van der Waals surface area (Å²) in [4.78, 5) is 14.6. The number of rotatable bonds is 4. The minimum absolute atomic E-state index is 0.0669. The molecule has 0 aliphatic rings. The summed E-state index contributed by atoms with van der Waals surface area (Å²) in [5.74, 6) is -0.830. The summed E-state index contributed by atoms with van der Waals surface area (Å²) >= 11 is 1.46. The standard InChI is InChI=1S/C9H10N4O2S/c1-6-7(2-3-8(14)15)11-12-13(6)9-10-4-5-16-9/h4-5H,2-3H2,1H3,(H,14,15). The van der Waals surface area contributed by atoms with Crippen LogP contribution < -0.4 is 0 Å². The van der Waals surface area contributed by atoms with Crippen LogP contribution in [0, 0.1) is 6.92 Å². The van der Waals surface area contributed by atoms with Crippen molar-refractivity contribution < 1.29 is 9.90 Å². The smallest absolute Gasteiger partial charge is 0.303 e. The molecule has 1 N–H and O–H groups in total. The van der Waals surface area contributed by atoms with Gasteiger partial charge in [-0.25, -0.2) is 4.98 Å². The largest absolute Gasteiger partial charge is 0.481 e. The molecule has 6 nitrogen and oxygen atoms in total. The zero-order valence-electron chi connectivity index (χ0n) is 8.62. The lowest BCUT2D eigenvalue weighted by atomic mass is 10.2. The molecule has 0 saturated carbocycles. The van der Waals surface area contributed by atoms with E-state index in [4.69, 9.17) is 5.11 Å². The molecule has 0 fully saturated rings. The number of aromatic nitrogens is 4. The van der Waals surface area contributed by atoms with E-state index in [9.17, 15) is 4.79 Å². The van der Waals surface area contributed by atoms with Gasteiger partial charge in [0.15, 0.2) is 0 Å². The van der Waals surface area contributed by atoms with Crippen molar-refractivity contribution in [3.05, 3.63) is 23.0 Å². The summed E-state index contributed by atoms with van der Waals surface area (Å²) in [7, 11) is 0. The fourth-order valence-electron chi connectivity index (χ4n) is 1.32. The monoisotopic (exact) mass is 238 g/mol. The lowest BCUT2D eigenvalue weighted by Gasteiger charge is -1.97. The van der Waals surface area contributed by atoms with Crippen LogP contribution in [0.1, 0.15) is 17.8 Å². The van der Waals surface area contributed by atoms with Gasteiger partial charge in [-0.1, -0.05) is 5.21 Å². The first-order valence-electron chi connectivity index (χ1n) is 4.71. The topological polar surface area (TPSA) is 80.9 Å². The van der Waals surface area contributed by atoms with Crippen LogP contribution in [-0.4, -0.2) is 31.1 Å². The van der Waals surface area contributed by atoms with Gasteiger partial charge in [-0.3, -0.25) is 4.79 Å². The summed E-state index contributed by atoms with van der Waals surface area (Å²) in [5, 5.41) is 19.1. The van der Waals surface area contributed by atoms with Gasteiger partial charge in [-0.2, -0.15) is 4.68 Å². The summed E-state index contributed by atoms with van der Waals surface area (Å²) in [6, 6.07) is 0. The van der Waals surface area contributed by atoms with Gasteiger partial charge in [0.2, 0.25) is 5.13 Å². The van der Waals surface area contributed by atoms with Crippen molar-refractivity contribution in [1.29, 1.82) is 0 Å². The third-order valence-corrected chi connectivity index (χ3v) is 2.91. The molecule has 0 radical (unpaired) electrons. The van der Waals surface area contributed by atoms with Gasteiger partial charge in [0, 0.05) is 18.0 Å². The molecule has 2 heterocycles. The number of carboxylic acid groups (broad SMARTS) is 1. The van der Waals surface area contributed by atoms with E-state index >= 15 is 0 Å². The highest BCUT2D eigenvalue weighted by Gasteiger charge is 2.12. The van der Waals surface area contributed by atoms with E-state index in [0.717, 1.165) is 10.8 Å². The molecule has 16 heavy (non-hydrogen) atoms. The van der Waals surface area contributed by atoms with E-state index < -0.39 is 5.97 Å². The number of aryl methyl sites for hydroxylation is 1. The van der Waals surface area contributed by atoms with Crippen LogP contribution in [0.15, 0.2) is 11.6 Å². The fraction of sp³-hybridized carbons (Fsp3) is 0.333. The van der Waals surface area contributed by atoms with Gasteiger partial charge in [0.1, 0.15) is 0 Å². The van der Waals surface area contributed by atoms with E-state index in [2.05, 4.69) is 15.3 Å². The highest BCUT2D eigenvalue weighted by atomic mass is 32.1. The van der Waals surface area contributed by atoms with E-state index in [0.29, 0.717) is 12.1 Å². The second-order valence-electron chi connectivity index (χ2n) is 3.24. The molecule has 2 aromatic rings. The summed E-state index contributed by atoms with van der Waals surface area (Å²) < 4.78 is 1.63. The summed E-state index contributed by atoms with van der Waals surface area (Å²) in [5.41, 5.74) is 1.55. The predicted molar refractivity (Wildman–Crippen MR) is 57.7 cm³/mol. The van der Waals surface area contributed by atoms with Crippen LogP contribution in [0.3, 0.4) is 0 Å². The minimum atomic E-state index is -0.830. The summed E-state index contributed by atoms with van der Waals surface area (Å²) in [6.07, 6.45) is 2.15. The average Bonchev–Trinajstić information content (AvgIpc) is 2.84. The fourth-order valence-corrected chi connectivity index (χ4v) is 1.96. The van der Waals surface area contributed by atoms with Crippen LogP contribution in [-0.2, 0) is 11.2 Å². The van der Waals surface area contributed by atoms with Gasteiger partial charge in [-0.05, 0) is 6.92 Å². The van der Waals surface area contributed by atoms with Crippen molar-refractivity contribution in [2.24, 2.45) is 0 Å². The Kier molecular flexibility index (Phi) is 2.95. The van der Waals surface area contributed by atoms with Crippen molar-refractivity contribution >= 4 is 17.3 Å². The van der Waals surface area contributed by atoms with E-state index in [1.54, 1.807) is 10.9 Å². The molecule has 2 aromatic heterocycles. The summed E-state index contributed by atoms with van der Waals surface area (Å²) in [6.45, 7) is 1.86. The number of carboxylic acids is 1. The average molecular weight is 238 g/mol. The maximum Gasteiger partial charge on any atom is 0.303 e. The molecule has 0 saturated heterocycles. The van der Waals surface area contributed by atoms with Crippen molar-refractivity contribution in [1.82, 2.24) is 20.0 Å². The molecular weight excluding hydrogens is 228 g/mol. The van der Waals surface area contributed by atoms with E-state index in [1.807, 2.05) is 12.3 Å². The number of carbonyl (C=O) groups is 1. The van der Waals surface area contributed by atoms with Crippen molar-refractivity contribution in [2.75, 3.05) is 0 Å². The maximum absolute atomic E-state index is 10.5. The van der Waals surface area contributed by atoms with E-state index in [-0.39, 0.29) is 6.42 Å². The second-order valence-corrected chi connectivity index (χ2v) is 4.11. The SMILES string of the molecule is Cc1c(CCC(=O)O)nnn1-c1nccs1. The lowest BCUT2D eigenvalue weighted by molar-refractivity contribution is -0.136. The van der Waals surface area contributed by atoms with Crippen LogP contribution in [0.25, 0.3) is 5.13 Å². The maximum atomic E-state index is 10.5. The molecule has 7 heteroatoms. The number of nitrogens with zero attached hydrogens (tertiary/aromatic N) is 4. The van der Waals surface area contributed by atoms with Crippen LogP contribution >= 0.6 is 11.3 Å². The number of aliphatic carboxylic acids is 1. The molecular formula is C9H10N4O2S. The molecule has 0 aromatic carbocycles. The van der Waals surface area contributed by atoms with Crippen LogP contribution in [0.2, 0.25) is 0 Å². The van der Waals surface area contributed by atoms with Gasteiger partial charge in [-0.15, -0.1) is 16.4 Å². The Morgan fingerprint density at radius 3 is 3.06 bits per heavy atom. The van der Waals surface area contributed by atoms with Crippen molar-refractivity contribution in [2.45, 2.75) is 19.8 Å². The van der Waals surface area contributed by atoms with Gasteiger partial charge >= 0.3 is 5.97 Å². The zero-order valence-corrected chi connectivity index (χ0v) is 9.44. The van der Waals surface area contributed by atoms with Crippen molar-refractivity contribution in [3.8, 4) is 5.13 Å². The third kappa shape index (κ3) is 2.08. The van der Waals surface area contributed by atoms with Crippen LogP contribution in [0.5, 0.6) is 0 Å². The molecule has 2 rings (SSSR count). The predicted octanol–water partition coefficient (Wildman–Crippen LogP) is 1.05. The Labute approximate surface area is 95.6 Å². The minimum Gasteiger partial charge on any atom is -0.481 e. The quantitative estimate of drug-likeness (QED) is 0.861. The molecule has 0 aliphatic heterocycles. The Hall–Kier alpha value is -1.76. The molecule has 0 bridgehead atoms. The molecule has 84 valence electrons. The van der Waals surface area contributed by atoms with Crippen LogP contribution in [0.4, 0.5) is 0 Å². The highest BCUT2D eigenvalue weighted by Crippen LogP contribution is 2.15. The zero-order chi connectivity index (χ0) is 11.5. The Balaban J connectivity index is 2.21. The Morgan fingerprint density at radius 1 is 1.62 bits per heavy atom. The van der Waals surface area contributed by atoms with Gasteiger partial charge in [0.25, 0.3) is 0 Å². The molecule has 0 aliphatic carbocycles. The Morgan fingerprint density at radius 2 is 2.44 bits per heavy atom.